The van der Waals surface area contributed by atoms with Crippen LogP contribution in [0.25, 0.3) is 0 Å². The monoisotopic (exact) mass is 252 g/mol. The van der Waals surface area contributed by atoms with E-state index in [1.165, 1.54) is 11.8 Å². The van der Waals surface area contributed by atoms with E-state index in [9.17, 15) is 19.7 Å². The molecule has 0 aliphatic carbocycles. The highest BCUT2D eigenvalue weighted by molar-refractivity contribution is 7.98. The van der Waals surface area contributed by atoms with Gasteiger partial charge in [0, 0.05) is 0 Å². The minimum Gasteiger partial charge on any atom is -0.480 e. The molecule has 0 saturated heterocycles. The molecule has 0 aromatic rings. The number of aliphatic carboxylic acids is 1. The van der Waals surface area contributed by atoms with E-state index in [0.29, 0.717) is 5.75 Å². The maximum Gasteiger partial charge on any atom is 0.326 e. The van der Waals surface area contributed by atoms with Crippen molar-refractivity contribution >= 4 is 23.6 Å². The molecule has 0 radical (unpaired) electrons. The van der Waals surface area contributed by atoms with Gasteiger partial charge in [-0.15, -0.1) is 10.1 Å². The molecule has 0 bridgehead atoms. The Morgan fingerprint density at radius 1 is 1.62 bits per heavy atom. The summed E-state index contributed by atoms with van der Waals surface area (Å²) in [6, 6.07) is -1.05. The summed E-state index contributed by atoms with van der Waals surface area (Å²) >= 11 is 1.44. The van der Waals surface area contributed by atoms with E-state index >= 15 is 0 Å². The van der Waals surface area contributed by atoms with Gasteiger partial charge in [0.2, 0.25) is 5.91 Å². The van der Waals surface area contributed by atoms with Crippen LogP contribution >= 0.6 is 11.8 Å². The van der Waals surface area contributed by atoms with Gasteiger partial charge in [-0.1, -0.05) is 0 Å². The van der Waals surface area contributed by atoms with Crippen LogP contribution in [0.4, 0.5) is 0 Å². The molecule has 0 saturated carbocycles. The molecule has 0 fully saturated rings. The van der Waals surface area contributed by atoms with Gasteiger partial charge in [-0.25, -0.2) is 4.79 Å². The van der Waals surface area contributed by atoms with E-state index in [4.69, 9.17) is 5.11 Å². The molecule has 1 unspecified atom stereocenters. The van der Waals surface area contributed by atoms with Crippen LogP contribution in [0.1, 0.15) is 6.42 Å². The third kappa shape index (κ3) is 6.87. The van der Waals surface area contributed by atoms with E-state index in [0.717, 1.165) is 0 Å². The molecule has 1 amide bonds. The number of amides is 1. The molecule has 8 nitrogen and oxygen atoms in total. The van der Waals surface area contributed by atoms with Gasteiger partial charge in [0.25, 0.3) is 5.09 Å². The molecule has 0 rings (SSSR count). The Morgan fingerprint density at radius 2 is 2.25 bits per heavy atom. The Morgan fingerprint density at radius 3 is 2.69 bits per heavy atom. The fourth-order valence-electron chi connectivity index (χ4n) is 0.840. The average molecular weight is 252 g/mol. The van der Waals surface area contributed by atoms with Gasteiger partial charge in [-0.3, -0.25) is 4.79 Å². The zero-order chi connectivity index (χ0) is 12.6. The Balaban J connectivity index is 4.02. The largest absolute Gasteiger partial charge is 0.480 e. The first-order valence-electron chi connectivity index (χ1n) is 4.25. The first-order valence-corrected chi connectivity index (χ1v) is 5.65. The van der Waals surface area contributed by atoms with Crippen LogP contribution in [0.2, 0.25) is 0 Å². The zero-order valence-corrected chi connectivity index (χ0v) is 9.36. The van der Waals surface area contributed by atoms with Gasteiger partial charge < -0.3 is 15.3 Å². The summed E-state index contributed by atoms with van der Waals surface area (Å²) in [5.74, 6) is -1.44. The number of hydrogen-bond acceptors (Lipinski definition) is 6. The van der Waals surface area contributed by atoms with Crippen LogP contribution in [0.3, 0.4) is 0 Å². The van der Waals surface area contributed by atoms with Gasteiger partial charge in [0.05, 0.1) is 0 Å². The number of rotatable bonds is 8. The van der Waals surface area contributed by atoms with Crippen LogP contribution in [0.5, 0.6) is 0 Å². The van der Waals surface area contributed by atoms with Crippen molar-refractivity contribution in [2.45, 2.75) is 12.5 Å². The highest BCUT2D eigenvalue weighted by atomic mass is 32.2. The van der Waals surface area contributed by atoms with Crippen molar-refractivity contribution in [1.29, 1.82) is 0 Å². The minimum absolute atomic E-state index is 0.251. The molecule has 0 aromatic carbocycles. The quantitative estimate of drug-likeness (QED) is 0.442. The highest BCUT2D eigenvalue weighted by Gasteiger charge is 2.19. The van der Waals surface area contributed by atoms with Crippen LogP contribution in [0.15, 0.2) is 0 Å². The Kier molecular flexibility index (Phi) is 7.01. The third-order valence-corrected chi connectivity index (χ3v) is 2.19. The lowest BCUT2D eigenvalue weighted by molar-refractivity contribution is -0.754. The second-order valence-corrected chi connectivity index (χ2v) is 3.72. The van der Waals surface area contributed by atoms with Crippen LogP contribution in [0, 0.1) is 10.1 Å². The van der Waals surface area contributed by atoms with Crippen molar-refractivity contribution in [2.75, 3.05) is 18.6 Å². The fraction of sp³-hybridized carbons (Fsp3) is 0.714. The molecule has 1 atom stereocenters. The number of carbonyl (C=O) groups is 2. The molecule has 92 valence electrons. The lowest BCUT2D eigenvalue weighted by Crippen LogP contribution is -2.43. The van der Waals surface area contributed by atoms with Gasteiger partial charge in [-0.2, -0.15) is 11.8 Å². The summed E-state index contributed by atoms with van der Waals surface area (Å²) in [5, 5.41) is 19.5. The number of hydrogen-bond donors (Lipinski definition) is 2. The fourth-order valence-corrected chi connectivity index (χ4v) is 1.31. The number of nitrogens with zero attached hydrogens (tertiary/aromatic N) is 1. The standard InChI is InChI=1S/C7H12N2O6S/c1-16-3-2-5(7(11)12)8-6(10)4-15-9(13)14/h5H,2-4H2,1H3,(H,8,10)(H,11,12). The summed E-state index contributed by atoms with van der Waals surface area (Å²) in [6.07, 6.45) is 2.05. The lowest BCUT2D eigenvalue weighted by atomic mass is 10.2. The maximum absolute atomic E-state index is 11.0. The van der Waals surface area contributed by atoms with E-state index < -0.39 is 29.6 Å². The smallest absolute Gasteiger partial charge is 0.326 e. The van der Waals surface area contributed by atoms with Crippen molar-refractivity contribution in [2.24, 2.45) is 0 Å². The molecule has 2 N–H and O–H groups in total. The van der Waals surface area contributed by atoms with E-state index in [1.54, 1.807) is 6.26 Å². The molecule has 0 spiro atoms. The molecule has 0 aliphatic heterocycles. The Labute approximate surface area is 95.4 Å². The summed E-state index contributed by atoms with van der Waals surface area (Å²) in [6.45, 7) is -0.796. The second kappa shape index (κ2) is 7.74. The third-order valence-electron chi connectivity index (χ3n) is 1.55. The van der Waals surface area contributed by atoms with Crippen LogP contribution in [-0.2, 0) is 14.4 Å². The number of carboxylic acids is 1. The summed E-state index contributed by atoms with van der Waals surface area (Å²) in [4.78, 5) is 35.3. The summed E-state index contributed by atoms with van der Waals surface area (Å²) in [7, 11) is 0. The van der Waals surface area contributed by atoms with E-state index in [1.807, 2.05) is 0 Å². The molecule has 0 aliphatic rings. The molecule has 0 aromatic heterocycles. The number of carbonyl (C=O) groups excluding carboxylic acids is 1. The molecular formula is C7H12N2O6S. The van der Waals surface area contributed by atoms with Crippen molar-refractivity contribution in [3.63, 3.8) is 0 Å². The summed E-state index contributed by atoms with van der Waals surface area (Å²) in [5.41, 5.74) is 0. The van der Waals surface area contributed by atoms with Crippen molar-refractivity contribution in [3.05, 3.63) is 10.1 Å². The van der Waals surface area contributed by atoms with Crippen LogP contribution < -0.4 is 5.32 Å². The molecule has 9 heteroatoms. The highest BCUT2D eigenvalue weighted by Crippen LogP contribution is 2.00. The number of carboxylic acid groups (broad SMARTS) is 1. The van der Waals surface area contributed by atoms with Gasteiger partial charge >= 0.3 is 5.97 Å². The first-order chi connectivity index (χ1) is 7.47. The minimum atomic E-state index is -1.18. The van der Waals surface area contributed by atoms with E-state index in [2.05, 4.69) is 10.2 Å². The van der Waals surface area contributed by atoms with Gasteiger partial charge in [0.15, 0.2) is 6.61 Å². The van der Waals surface area contributed by atoms with Crippen molar-refractivity contribution in [3.8, 4) is 0 Å². The second-order valence-electron chi connectivity index (χ2n) is 2.74. The number of thioether (sulfide) groups is 1. The predicted octanol–water partition coefficient (Wildman–Crippen LogP) is -0.483. The van der Waals surface area contributed by atoms with Gasteiger partial charge in [0.1, 0.15) is 6.04 Å². The van der Waals surface area contributed by atoms with E-state index in [-0.39, 0.29) is 6.42 Å². The lowest BCUT2D eigenvalue weighted by Gasteiger charge is -2.13. The van der Waals surface area contributed by atoms with Crippen molar-refractivity contribution in [1.82, 2.24) is 5.32 Å². The SMILES string of the molecule is CSCCC(NC(=O)CO[N+](=O)[O-])C(=O)O. The summed E-state index contributed by atoms with van der Waals surface area (Å²) < 4.78 is 0. The number of nitrogens with one attached hydrogen (secondary N) is 1. The van der Waals surface area contributed by atoms with Gasteiger partial charge in [-0.05, 0) is 18.4 Å². The molecule has 0 heterocycles. The van der Waals surface area contributed by atoms with Crippen LogP contribution in [-0.4, -0.2) is 46.7 Å². The normalized spacial score (nSPS) is 11.6. The molecule has 16 heavy (non-hydrogen) atoms. The zero-order valence-electron chi connectivity index (χ0n) is 8.54. The molecular weight excluding hydrogens is 240 g/mol. The Bertz CT molecular complexity index is 272. The predicted molar refractivity (Wildman–Crippen MR) is 55.5 cm³/mol. The first kappa shape index (κ1) is 14.5. The van der Waals surface area contributed by atoms with Crippen molar-refractivity contribution < 1.29 is 24.6 Å². The topological polar surface area (TPSA) is 119 Å². The maximum atomic E-state index is 11.0. The average Bonchev–Trinajstić information content (AvgIpc) is 2.20. The Hall–Kier alpha value is -1.51.